The Labute approximate surface area is 206 Å². The predicted octanol–water partition coefficient (Wildman–Crippen LogP) is 4.92. The van der Waals surface area contributed by atoms with E-state index in [2.05, 4.69) is 42.0 Å². The highest BCUT2D eigenvalue weighted by atomic mass is 79.9. The van der Waals surface area contributed by atoms with E-state index in [4.69, 9.17) is 0 Å². The lowest BCUT2D eigenvalue weighted by Crippen LogP contribution is -2.25. The highest BCUT2D eigenvalue weighted by Crippen LogP contribution is 1.95. The number of rotatable bonds is 17. The van der Waals surface area contributed by atoms with E-state index >= 15 is 0 Å². The molecule has 0 radical (unpaired) electrons. The van der Waals surface area contributed by atoms with Gasteiger partial charge < -0.3 is 21.3 Å². The minimum atomic E-state index is 0. The van der Waals surface area contributed by atoms with Crippen LogP contribution in [-0.2, 0) is 0 Å². The third kappa shape index (κ3) is 40.4. The highest BCUT2D eigenvalue weighted by molar-refractivity contribution is 8.93. The minimum Gasteiger partial charge on any atom is -0.317 e. The van der Waals surface area contributed by atoms with Crippen LogP contribution in [0, 0.1) is 5.92 Å². The van der Waals surface area contributed by atoms with Crippen molar-refractivity contribution in [1.29, 1.82) is 0 Å². The van der Waals surface area contributed by atoms with E-state index in [-0.39, 0.29) is 75.4 Å². The number of hydrogen-bond acceptors (Lipinski definition) is 4. The molecule has 4 N–H and O–H groups in total. The zero-order valence-electron chi connectivity index (χ0n) is 16.4. The molecule has 0 aliphatic heterocycles. The molecular formula is C18H48Br4N4. The van der Waals surface area contributed by atoms with E-state index in [1.165, 1.54) is 32.1 Å². The molecule has 26 heavy (non-hydrogen) atoms. The summed E-state index contributed by atoms with van der Waals surface area (Å²) >= 11 is 0. The van der Waals surface area contributed by atoms with Crippen LogP contribution in [0.15, 0.2) is 0 Å². The summed E-state index contributed by atoms with van der Waals surface area (Å²) in [6.07, 6.45) is 6.31. The van der Waals surface area contributed by atoms with Gasteiger partial charge in [0, 0.05) is 0 Å². The van der Waals surface area contributed by atoms with Crippen LogP contribution in [0.25, 0.3) is 0 Å². The molecule has 0 rings (SSSR count). The summed E-state index contributed by atoms with van der Waals surface area (Å²) in [6, 6.07) is 0. The molecule has 0 bridgehead atoms. The molecule has 8 heteroatoms. The van der Waals surface area contributed by atoms with Gasteiger partial charge in [0.15, 0.2) is 0 Å². The molecule has 0 aliphatic rings. The Morgan fingerprint density at radius 1 is 0.538 bits per heavy atom. The van der Waals surface area contributed by atoms with Crippen molar-refractivity contribution in [2.24, 2.45) is 5.92 Å². The fourth-order valence-corrected chi connectivity index (χ4v) is 2.12. The van der Waals surface area contributed by atoms with Gasteiger partial charge in [-0.3, -0.25) is 0 Å². The molecule has 0 atom stereocenters. The van der Waals surface area contributed by atoms with Crippen molar-refractivity contribution in [3.8, 4) is 0 Å². The summed E-state index contributed by atoms with van der Waals surface area (Å²) in [6.45, 7) is 15.8. The third-order valence-electron chi connectivity index (χ3n) is 3.52. The monoisotopic (exact) mass is 636 g/mol. The third-order valence-corrected chi connectivity index (χ3v) is 3.52. The van der Waals surface area contributed by atoms with E-state index < -0.39 is 0 Å². The quantitative estimate of drug-likeness (QED) is 0.171. The second kappa shape index (κ2) is 37.5. The van der Waals surface area contributed by atoms with Crippen molar-refractivity contribution in [2.45, 2.75) is 60.3 Å². The second-order valence-electron chi connectivity index (χ2n) is 6.20. The van der Waals surface area contributed by atoms with Gasteiger partial charge in [0.2, 0.25) is 0 Å². The summed E-state index contributed by atoms with van der Waals surface area (Å²) in [5.74, 6) is 0.812. The van der Waals surface area contributed by atoms with Gasteiger partial charge in [-0.2, -0.15) is 0 Å². The normalized spacial score (nSPS) is 9.23. The molecule has 4 nitrogen and oxygen atoms in total. The van der Waals surface area contributed by atoms with Crippen molar-refractivity contribution in [2.75, 3.05) is 52.4 Å². The van der Waals surface area contributed by atoms with Crippen LogP contribution in [0.1, 0.15) is 60.3 Å². The maximum absolute atomic E-state index is 3.53. The summed E-state index contributed by atoms with van der Waals surface area (Å²) in [7, 11) is 0. The first-order valence-electron chi connectivity index (χ1n) is 9.10. The summed E-state index contributed by atoms with van der Waals surface area (Å²) in [4.78, 5) is 0. The topological polar surface area (TPSA) is 48.1 Å². The smallest absolute Gasteiger partial charge is 0.00368 e. The van der Waals surface area contributed by atoms with Crippen LogP contribution in [0.4, 0.5) is 0 Å². The largest absolute Gasteiger partial charge is 0.317 e. The summed E-state index contributed by atoms with van der Waals surface area (Å²) in [5, 5.41) is 13.9. The molecule has 0 fully saturated rings. The van der Waals surface area contributed by atoms with Crippen molar-refractivity contribution >= 4 is 67.9 Å². The van der Waals surface area contributed by atoms with Crippen LogP contribution < -0.4 is 21.3 Å². The van der Waals surface area contributed by atoms with Gasteiger partial charge in [-0.1, -0.05) is 28.2 Å². The predicted molar refractivity (Wildman–Crippen MR) is 143 cm³/mol. The molecule has 0 spiro atoms. The van der Waals surface area contributed by atoms with Gasteiger partial charge in [-0.15, -0.1) is 67.9 Å². The van der Waals surface area contributed by atoms with E-state index in [0.717, 1.165) is 58.3 Å². The Bertz CT molecular complexity index is 202. The van der Waals surface area contributed by atoms with Crippen molar-refractivity contribution < 1.29 is 0 Å². The highest BCUT2D eigenvalue weighted by Gasteiger charge is 1.94. The van der Waals surface area contributed by atoms with Crippen LogP contribution in [-0.4, -0.2) is 52.4 Å². The minimum absolute atomic E-state index is 0. The lowest BCUT2D eigenvalue weighted by atomic mass is 10.1. The van der Waals surface area contributed by atoms with Crippen molar-refractivity contribution in [1.82, 2.24) is 21.3 Å². The molecule has 0 amide bonds. The van der Waals surface area contributed by atoms with Crippen LogP contribution in [0.5, 0.6) is 0 Å². The van der Waals surface area contributed by atoms with Crippen LogP contribution in [0.2, 0.25) is 0 Å². The molecule has 0 heterocycles. The number of unbranched alkanes of at least 4 members (excludes halogenated alkanes) is 1. The van der Waals surface area contributed by atoms with Crippen LogP contribution in [0.3, 0.4) is 0 Å². The maximum atomic E-state index is 3.53. The fraction of sp³-hybridized carbons (Fsp3) is 1.00. The van der Waals surface area contributed by atoms with Crippen molar-refractivity contribution in [3.63, 3.8) is 0 Å². The van der Waals surface area contributed by atoms with Gasteiger partial charge in [-0.25, -0.2) is 0 Å². The molecule has 0 saturated carbocycles. The van der Waals surface area contributed by atoms with E-state index in [1.807, 2.05) is 0 Å². The number of nitrogens with one attached hydrogen (secondary N) is 4. The Morgan fingerprint density at radius 2 is 0.885 bits per heavy atom. The molecule has 0 saturated heterocycles. The average molecular weight is 640 g/mol. The molecule has 0 aromatic rings. The zero-order valence-corrected chi connectivity index (χ0v) is 23.3. The first kappa shape index (κ1) is 42.0. The Hall–Kier alpha value is 1.76. The first-order chi connectivity index (χ1) is 10.3. The van der Waals surface area contributed by atoms with Gasteiger partial charge in [-0.05, 0) is 90.4 Å². The van der Waals surface area contributed by atoms with E-state index in [1.54, 1.807) is 0 Å². The van der Waals surface area contributed by atoms with Crippen LogP contribution >= 0.6 is 67.9 Å². The molecule has 0 unspecified atom stereocenters. The summed E-state index contributed by atoms with van der Waals surface area (Å²) < 4.78 is 0. The molecule has 0 aromatic heterocycles. The Balaban J connectivity index is -0.000000200. The molecular weight excluding hydrogens is 592 g/mol. The zero-order chi connectivity index (χ0) is 15.6. The van der Waals surface area contributed by atoms with Gasteiger partial charge in [0.25, 0.3) is 0 Å². The standard InChI is InChI=1S/C17H40N4.CH4.4BrH/c1-4-18-12-7-13-19-10-5-6-11-20-14-8-15-21-16-9-17(2)3;;;;;/h17-21H,4-16H2,1-3H3;1H4;4*1H. The maximum Gasteiger partial charge on any atom is -0.00368 e. The Morgan fingerprint density at radius 3 is 1.27 bits per heavy atom. The SMILES string of the molecule is Br.Br.Br.Br.C.CCNCCCNCCCCNCCCNCCC(C)C. The molecule has 0 aromatic carbocycles. The lowest BCUT2D eigenvalue weighted by molar-refractivity contribution is 0.518. The Kier molecular flexibility index (Phi) is 60.6. The average Bonchev–Trinajstić information content (AvgIpc) is 2.46. The fourth-order valence-electron chi connectivity index (χ4n) is 2.12. The number of halogens is 4. The first-order valence-corrected chi connectivity index (χ1v) is 9.10. The number of hydrogen-bond donors (Lipinski definition) is 4. The lowest BCUT2D eigenvalue weighted by Gasteiger charge is -2.08. The van der Waals surface area contributed by atoms with Gasteiger partial charge >= 0.3 is 0 Å². The van der Waals surface area contributed by atoms with E-state index in [0.29, 0.717) is 0 Å². The second-order valence-corrected chi connectivity index (χ2v) is 6.20. The molecule has 168 valence electrons. The van der Waals surface area contributed by atoms with Crippen molar-refractivity contribution in [3.05, 3.63) is 0 Å². The summed E-state index contributed by atoms with van der Waals surface area (Å²) in [5.41, 5.74) is 0. The van der Waals surface area contributed by atoms with E-state index in [9.17, 15) is 0 Å². The van der Waals surface area contributed by atoms with Gasteiger partial charge in [0.1, 0.15) is 0 Å². The molecule has 0 aliphatic carbocycles. The van der Waals surface area contributed by atoms with Gasteiger partial charge in [0.05, 0.1) is 0 Å².